The number of ether oxygens (including phenoxy) is 1. The molecule has 1 rings (SSSR count). The van der Waals surface area contributed by atoms with Crippen LogP contribution < -0.4 is 11.2 Å². The van der Waals surface area contributed by atoms with Crippen LogP contribution in [0.2, 0.25) is 0 Å². The molecule has 5 heteroatoms. The highest BCUT2D eigenvalue weighted by molar-refractivity contribution is 5.75. The van der Waals surface area contributed by atoms with Crippen LogP contribution in [0.15, 0.2) is 0 Å². The minimum absolute atomic E-state index is 0.105. The molecule has 3 N–H and O–H groups in total. The summed E-state index contributed by atoms with van der Waals surface area (Å²) in [5, 5.41) is 1.93. The Hall–Kier alpha value is -0.650. The highest BCUT2D eigenvalue weighted by atomic mass is 16.5. The lowest BCUT2D eigenvalue weighted by Gasteiger charge is -2.26. The smallest absolute Gasteiger partial charge is 0.234 e. The van der Waals surface area contributed by atoms with Gasteiger partial charge in [-0.05, 0) is 19.4 Å². The van der Waals surface area contributed by atoms with Crippen LogP contribution in [0.1, 0.15) is 25.7 Å². The van der Waals surface area contributed by atoms with E-state index in [9.17, 15) is 4.79 Å². The van der Waals surface area contributed by atoms with Crippen molar-refractivity contribution in [3.05, 3.63) is 0 Å². The van der Waals surface area contributed by atoms with Crippen LogP contribution in [0.25, 0.3) is 0 Å². The second-order valence-electron chi connectivity index (χ2n) is 3.73. The molecule has 0 aromatic rings. The van der Waals surface area contributed by atoms with Crippen molar-refractivity contribution in [3.8, 4) is 0 Å². The van der Waals surface area contributed by atoms with E-state index in [0.29, 0.717) is 26.2 Å². The van der Waals surface area contributed by atoms with Crippen LogP contribution in [0.4, 0.5) is 0 Å². The van der Waals surface area contributed by atoms with Crippen LogP contribution in [0.5, 0.6) is 0 Å². The van der Waals surface area contributed by atoms with Crippen molar-refractivity contribution >= 4 is 5.91 Å². The number of hydrogen-bond acceptors (Lipinski definition) is 4. The molecule has 0 bridgehead atoms. The van der Waals surface area contributed by atoms with E-state index in [4.69, 9.17) is 10.5 Å². The Morgan fingerprint density at radius 2 is 2.00 bits per heavy atom. The van der Waals surface area contributed by atoms with Crippen molar-refractivity contribution in [1.29, 1.82) is 0 Å². The van der Waals surface area contributed by atoms with Gasteiger partial charge in [0.05, 0.1) is 13.2 Å². The molecule has 0 aromatic carbocycles. The van der Waals surface area contributed by atoms with E-state index >= 15 is 0 Å². The molecular weight excluding hydrogens is 194 g/mol. The monoisotopic (exact) mass is 215 g/mol. The SMILES string of the molecule is NCCCCCC(=O)NN1CCOCC1. The van der Waals surface area contributed by atoms with Gasteiger partial charge in [0, 0.05) is 19.5 Å². The molecule has 0 saturated carbocycles. The fourth-order valence-corrected chi connectivity index (χ4v) is 1.51. The van der Waals surface area contributed by atoms with E-state index < -0.39 is 0 Å². The van der Waals surface area contributed by atoms with Crippen molar-refractivity contribution in [2.24, 2.45) is 5.73 Å². The third kappa shape index (κ3) is 5.71. The largest absolute Gasteiger partial charge is 0.379 e. The minimum atomic E-state index is 0.105. The highest BCUT2D eigenvalue weighted by Crippen LogP contribution is 1.99. The standard InChI is InChI=1S/C10H21N3O2/c11-5-3-1-2-4-10(14)12-13-6-8-15-9-7-13/h1-9,11H2,(H,12,14). The first kappa shape index (κ1) is 12.4. The first-order valence-corrected chi connectivity index (χ1v) is 5.65. The number of unbranched alkanes of at least 4 members (excludes halogenated alkanes) is 2. The molecule has 15 heavy (non-hydrogen) atoms. The van der Waals surface area contributed by atoms with Gasteiger partial charge in [-0.25, -0.2) is 5.01 Å². The number of nitrogens with one attached hydrogen (secondary N) is 1. The number of hydrogen-bond donors (Lipinski definition) is 2. The first-order chi connectivity index (χ1) is 7.33. The number of rotatable bonds is 6. The molecule has 0 atom stereocenters. The Morgan fingerprint density at radius 1 is 1.27 bits per heavy atom. The predicted octanol–water partition coefficient (Wildman–Crippen LogP) is -0.131. The van der Waals surface area contributed by atoms with Crippen molar-refractivity contribution in [2.45, 2.75) is 25.7 Å². The molecule has 1 aliphatic heterocycles. The molecule has 5 nitrogen and oxygen atoms in total. The van der Waals surface area contributed by atoms with Gasteiger partial charge >= 0.3 is 0 Å². The molecule has 1 fully saturated rings. The summed E-state index contributed by atoms with van der Waals surface area (Å²) in [5.41, 5.74) is 8.25. The highest BCUT2D eigenvalue weighted by Gasteiger charge is 2.12. The maximum absolute atomic E-state index is 11.4. The van der Waals surface area contributed by atoms with Gasteiger partial charge in [0.2, 0.25) is 5.91 Å². The van der Waals surface area contributed by atoms with Crippen LogP contribution in [0.3, 0.4) is 0 Å². The molecule has 1 aliphatic rings. The number of morpholine rings is 1. The maximum Gasteiger partial charge on any atom is 0.234 e. The summed E-state index contributed by atoms with van der Waals surface area (Å²) in [6.45, 7) is 3.69. The van der Waals surface area contributed by atoms with Crippen LogP contribution in [-0.2, 0) is 9.53 Å². The first-order valence-electron chi connectivity index (χ1n) is 5.65. The van der Waals surface area contributed by atoms with E-state index in [-0.39, 0.29) is 5.91 Å². The molecule has 1 saturated heterocycles. The van der Waals surface area contributed by atoms with Crippen LogP contribution in [-0.4, -0.2) is 43.8 Å². The van der Waals surface area contributed by atoms with E-state index in [0.717, 1.165) is 32.4 Å². The molecule has 0 spiro atoms. The third-order valence-corrected chi connectivity index (χ3v) is 2.40. The Labute approximate surface area is 90.9 Å². The number of nitrogens with two attached hydrogens (primary N) is 1. The molecule has 0 aromatic heterocycles. The minimum Gasteiger partial charge on any atom is -0.379 e. The molecule has 0 radical (unpaired) electrons. The second-order valence-corrected chi connectivity index (χ2v) is 3.73. The zero-order valence-electron chi connectivity index (χ0n) is 9.21. The lowest BCUT2D eigenvalue weighted by atomic mass is 10.2. The average molecular weight is 215 g/mol. The maximum atomic E-state index is 11.4. The average Bonchev–Trinajstić information content (AvgIpc) is 2.26. The van der Waals surface area contributed by atoms with E-state index in [1.807, 2.05) is 5.01 Å². The molecule has 0 unspecified atom stereocenters. The van der Waals surface area contributed by atoms with Gasteiger partial charge in [0.25, 0.3) is 0 Å². The summed E-state index contributed by atoms with van der Waals surface area (Å²) >= 11 is 0. The lowest BCUT2D eigenvalue weighted by Crippen LogP contribution is -2.48. The molecular formula is C10H21N3O2. The summed E-state index contributed by atoms with van der Waals surface area (Å²) in [6, 6.07) is 0. The van der Waals surface area contributed by atoms with Gasteiger partial charge in [-0.3, -0.25) is 10.2 Å². The topological polar surface area (TPSA) is 67.6 Å². The third-order valence-electron chi connectivity index (χ3n) is 2.40. The van der Waals surface area contributed by atoms with Gasteiger partial charge in [-0.15, -0.1) is 0 Å². The van der Waals surface area contributed by atoms with Gasteiger partial charge < -0.3 is 10.5 Å². The van der Waals surface area contributed by atoms with Gasteiger partial charge in [-0.2, -0.15) is 0 Å². The number of carbonyl (C=O) groups excluding carboxylic acids is 1. The number of amides is 1. The van der Waals surface area contributed by atoms with E-state index in [2.05, 4.69) is 5.43 Å². The number of hydrazine groups is 1. The van der Waals surface area contributed by atoms with Crippen molar-refractivity contribution in [1.82, 2.24) is 10.4 Å². The van der Waals surface area contributed by atoms with E-state index in [1.54, 1.807) is 0 Å². The Kier molecular flexibility index (Phi) is 6.31. The van der Waals surface area contributed by atoms with Gasteiger partial charge in [0.15, 0.2) is 0 Å². The predicted molar refractivity (Wildman–Crippen MR) is 58.1 cm³/mol. The fourth-order valence-electron chi connectivity index (χ4n) is 1.51. The Morgan fingerprint density at radius 3 is 2.67 bits per heavy atom. The quantitative estimate of drug-likeness (QED) is 0.606. The zero-order valence-corrected chi connectivity index (χ0v) is 9.21. The fraction of sp³-hybridized carbons (Fsp3) is 0.900. The summed E-state index contributed by atoms with van der Waals surface area (Å²) < 4.78 is 5.19. The number of nitrogens with zero attached hydrogens (tertiary/aromatic N) is 1. The normalized spacial score (nSPS) is 17.7. The van der Waals surface area contributed by atoms with Crippen molar-refractivity contribution < 1.29 is 9.53 Å². The number of carbonyl (C=O) groups is 1. The summed E-state index contributed by atoms with van der Waals surface area (Å²) in [7, 11) is 0. The van der Waals surface area contributed by atoms with Crippen LogP contribution in [0, 0.1) is 0 Å². The van der Waals surface area contributed by atoms with Crippen molar-refractivity contribution in [2.75, 3.05) is 32.8 Å². The molecule has 0 aliphatic carbocycles. The summed E-state index contributed by atoms with van der Waals surface area (Å²) in [6.07, 6.45) is 3.56. The van der Waals surface area contributed by atoms with Gasteiger partial charge in [-0.1, -0.05) is 6.42 Å². The summed E-state index contributed by atoms with van der Waals surface area (Å²) in [4.78, 5) is 11.4. The second kappa shape index (κ2) is 7.62. The van der Waals surface area contributed by atoms with E-state index in [1.165, 1.54) is 0 Å². The molecule has 1 heterocycles. The Balaban J connectivity index is 2.01. The molecule has 1 amide bonds. The molecule has 88 valence electrons. The van der Waals surface area contributed by atoms with Crippen LogP contribution >= 0.6 is 0 Å². The van der Waals surface area contributed by atoms with Gasteiger partial charge in [0.1, 0.15) is 0 Å². The Bertz CT molecular complexity index is 182. The van der Waals surface area contributed by atoms with Crippen molar-refractivity contribution in [3.63, 3.8) is 0 Å². The zero-order chi connectivity index (χ0) is 10.9. The lowest BCUT2D eigenvalue weighted by molar-refractivity contribution is -0.128. The summed E-state index contributed by atoms with van der Waals surface area (Å²) in [5.74, 6) is 0.105.